The Hall–Kier alpha value is -2.55. The zero-order chi connectivity index (χ0) is 15.7. The van der Waals surface area contributed by atoms with Crippen LogP contribution in [-0.2, 0) is 0 Å². The van der Waals surface area contributed by atoms with Crippen LogP contribution < -0.4 is 11.1 Å². The van der Waals surface area contributed by atoms with Crippen molar-refractivity contribution >= 4 is 34.0 Å². The molecule has 0 atom stereocenters. The Kier molecular flexibility index (Phi) is 3.85. The summed E-state index contributed by atoms with van der Waals surface area (Å²) < 4.78 is 26.3. The Morgan fingerprint density at radius 3 is 2.48 bits per heavy atom. The topological polar surface area (TPSA) is 105 Å². The van der Waals surface area contributed by atoms with E-state index in [1.54, 1.807) is 6.92 Å². The third-order valence-electron chi connectivity index (χ3n) is 2.56. The van der Waals surface area contributed by atoms with Gasteiger partial charge in [0.25, 0.3) is 5.91 Å². The van der Waals surface area contributed by atoms with Gasteiger partial charge >= 0.3 is 5.97 Å². The van der Waals surface area contributed by atoms with Gasteiger partial charge in [-0.25, -0.2) is 18.6 Å². The maximum absolute atomic E-state index is 13.2. The lowest BCUT2D eigenvalue weighted by atomic mass is 10.1. The summed E-state index contributed by atoms with van der Waals surface area (Å²) in [7, 11) is 0. The smallest absolute Gasteiger partial charge is 0.337 e. The average Bonchev–Trinajstić information content (AvgIpc) is 2.72. The van der Waals surface area contributed by atoms with Gasteiger partial charge in [0.1, 0.15) is 4.88 Å². The number of carbonyl (C=O) groups excluding carboxylic acids is 1. The van der Waals surface area contributed by atoms with Gasteiger partial charge in [-0.3, -0.25) is 4.79 Å². The van der Waals surface area contributed by atoms with E-state index in [0.29, 0.717) is 17.8 Å². The van der Waals surface area contributed by atoms with Crippen molar-refractivity contribution in [1.82, 2.24) is 4.98 Å². The molecule has 1 aromatic carbocycles. The highest BCUT2D eigenvalue weighted by molar-refractivity contribution is 7.17. The summed E-state index contributed by atoms with van der Waals surface area (Å²) in [6.07, 6.45) is 0. The van der Waals surface area contributed by atoms with Gasteiger partial charge in [0, 0.05) is 6.07 Å². The molecule has 2 rings (SSSR count). The van der Waals surface area contributed by atoms with Gasteiger partial charge in [-0.1, -0.05) is 11.3 Å². The number of nitrogen functional groups attached to an aromatic ring is 1. The van der Waals surface area contributed by atoms with Gasteiger partial charge in [-0.2, -0.15) is 0 Å². The Morgan fingerprint density at radius 2 is 1.95 bits per heavy atom. The van der Waals surface area contributed by atoms with E-state index in [2.05, 4.69) is 10.3 Å². The largest absolute Gasteiger partial charge is 0.478 e. The molecule has 9 heteroatoms. The molecule has 21 heavy (non-hydrogen) atoms. The number of amides is 1. The number of carbonyl (C=O) groups is 2. The van der Waals surface area contributed by atoms with Crippen LogP contribution >= 0.6 is 11.3 Å². The van der Waals surface area contributed by atoms with E-state index >= 15 is 0 Å². The van der Waals surface area contributed by atoms with Crippen LogP contribution in [0.4, 0.5) is 19.6 Å². The van der Waals surface area contributed by atoms with Crippen LogP contribution in [-0.4, -0.2) is 22.0 Å². The third-order valence-corrected chi connectivity index (χ3v) is 3.54. The van der Waals surface area contributed by atoms with Gasteiger partial charge in [0.2, 0.25) is 0 Å². The molecule has 0 saturated heterocycles. The lowest BCUT2D eigenvalue weighted by Crippen LogP contribution is -2.15. The number of carboxylic acids is 1. The molecule has 110 valence electrons. The number of nitrogens with one attached hydrogen (secondary N) is 1. The Labute approximate surface area is 121 Å². The first-order valence-electron chi connectivity index (χ1n) is 5.56. The first kappa shape index (κ1) is 14.9. The van der Waals surface area contributed by atoms with Crippen LogP contribution in [0.3, 0.4) is 0 Å². The number of anilines is 2. The number of halogens is 2. The lowest BCUT2D eigenvalue weighted by molar-refractivity contribution is 0.0697. The summed E-state index contributed by atoms with van der Waals surface area (Å²) in [4.78, 5) is 27.0. The second-order valence-electron chi connectivity index (χ2n) is 4.04. The van der Waals surface area contributed by atoms with Crippen molar-refractivity contribution in [1.29, 1.82) is 0 Å². The Morgan fingerprint density at radius 1 is 1.33 bits per heavy atom. The van der Waals surface area contributed by atoms with Gasteiger partial charge in [0.15, 0.2) is 16.8 Å². The molecule has 4 N–H and O–H groups in total. The van der Waals surface area contributed by atoms with E-state index in [0.717, 1.165) is 11.3 Å². The normalized spacial score (nSPS) is 10.4. The average molecular weight is 313 g/mol. The monoisotopic (exact) mass is 313 g/mol. The number of thiazole rings is 1. The molecule has 0 unspecified atom stereocenters. The number of nitrogens with zero attached hydrogens (tertiary/aromatic N) is 1. The van der Waals surface area contributed by atoms with Crippen LogP contribution in [0.25, 0.3) is 0 Å². The molecule has 0 radical (unpaired) electrons. The van der Waals surface area contributed by atoms with E-state index < -0.39 is 29.1 Å². The summed E-state index contributed by atoms with van der Waals surface area (Å²) >= 11 is 0.903. The number of carboxylic acid groups (broad SMARTS) is 1. The maximum Gasteiger partial charge on any atom is 0.337 e. The van der Waals surface area contributed by atoms with Crippen molar-refractivity contribution in [2.75, 3.05) is 11.1 Å². The first-order valence-corrected chi connectivity index (χ1v) is 6.38. The molecular weight excluding hydrogens is 304 g/mol. The SMILES string of the molecule is Cc1nc(N)sc1C(=O)Nc1cc(F)c(F)cc1C(=O)O. The molecular formula is C12H9F2N3O3S. The molecule has 0 aliphatic carbocycles. The number of rotatable bonds is 3. The van der Waals surface area contributed by atoms with E-state index in [1.807, 2.05) is 0 Å². The minimum atomic E-state index is -1.50. The van der Waals surface area contributed by atoms with Crippen molar-refractivity contribution in [2.45, 2.75) is 6.92 Å². The molecule has 0 spiro atoms. The van der Waals surface area contributed by atoms with Crippen molar-refractivity contribution in [2.24, 2.45) is 0 Å². The van der Waals surface area contributed by atoms with Gasteiger partial charge < -0.3 is 16.2 Å². The van der Waals surface area contributed by atoms with Crippen molar-refractivity contribution in [3.63, 3.8) is 0 Å². The number of nitrogens with two attached hydrogens (primary N) is 1. The Balaban J connectivity index is 2.39. The van der Waals surface area contributed by atoms with Crippen molar-refractivity contribution in [3.8, 4) is 0 Å². The molecule has 1 heterocycles. The fraction of sp³-hybridized carbons (Fsp3) is 0.0833. The van der Waals surface area contributed by atoms with Crippen LogP contribution in [0.15, 0.2) is 12.1 Å². The minimum Gasteiger partial charge on any atom is -0.478 e. The maximum atomic E-state index is 13.2. The molecule has 0 aliphatic heterocycles. The summed E-state index contributed by atoms with van der Waals surface area (Å²) in [6, 6.07) is 1.11. The van der Waals surface area contributed by atoms with Crippen molar-refractivity contribution in [3.05, 3.63) is 39.9 Å². The van der Waals surface area contributed by atoms with Crippen LogP contribution in [0, 0.1) is 18.6 Å². The van der Waals surface area contributed by atoms with Gasteiger partial charge in [0.05, 0.1) is 16.9 Å². The minimum absolute atomic E-state index is 0.161. The highest BCUT2D eigenvalue weighted by Gasteiger charge is 2.20. The Bertz CT molecular complexity index is 746. The molecule has 2 aromatic rings. The summed E-state index contributed by atoms with van der Waals surface area (Å²) in [5.41, 5.74) is 4.91. The highest BCUT2D eigenvalue weighted by atomic mass is 32.1. The summed E-state index contributed by atoms with van der Waals surface area (Å²) in [5.74, 6) is -4.78. The predicted molar refractivity (Wildman–Crippen MR) is 72.5 cm³/mol. The second-order valence-corrected chi connectivity index (χ2v) is 5.07. The molecule has 1 aromatic heterocycles. The molecule has 0 fully saturated rings. The number of aryl methyl sites for hydroxylation is 1. The van der Waals surface area contributed by atoms with E-state index in [-0.39, 0.29) is 15.7 Å². The lowest BCUT2D eigenvalue weighted by Gasteiger charge is -2.08. The molecule has 1 amide bonds. The fourth-order valence-electron chi connectivity index (χ4n) is 1.63. The van der Waals surface area contributed by atoms with Crippen molar-refractivity contribution < 1.29 is 23.5 Å². The van der Waals surface area contributed by atoms with E-state index in [9.17, 15) is 18.4 Å². The molecule has 6 nitrogen and oxygen atoms in total. The van der Waals surface area contributed by atoms with Crippen LogP contribution in [0.5, 0.6) is 0 Å². The number of hydrogen-bond acceptors (Lipinski definition) is 5. The zero-order valence-corrected chi connectivity index (χ0v) is 11.4. The predicted octanol–water partition coefficient (Wildman–Crippen LogP) is 2.26. The molecule has 0 saturated carbocycles. The van der Waals surface area contributed by atoms with Crippen LogP contribution in [0.2, 0.25) is 0 Å². The van der Waals surface area contributed by atoms with E-state index in [4.69, 9.17) is 10.8 Å². The standard InChI is InChI=1S/C12H9F2N3O3S/c1-4-9(21-12(15)16-4)10(18)17-8-3-7(14)6(13)2-5(8)11(19)20/h2-3H,1H3,(H2,15,16)(H,17,18)(H,19,20). The number of aromatic nitrogens is 1. The third kappa shape index (κ3) is 2.97. The number of aromatic carboxylic acids is 1. The van der Waals surface area contributed by atoms with E-state index in [1.165, 1.54) is 0 Å². The van der Waals surface area contributed by atoms with Gasteiger partial charge in [-0.15, -0.1) is 0 Å². The van der Waals surface area contributed by atoms with Crippen LogP contribution in [0.1, 0.15) is 25.7 Å². The fourth-order valence-corrected chi connectivity index (χ4v) is 2.36. The number of benzene rings is 1. The summed E-state index contributed by atoms with van der Waals surface area (Å²) in [5, 5.41) is 11.3. The molecule has 0 bridgehead atoms. The molecule has 0 aliphatic rings. The second kappa shape index (κ2) is 5.44. The van der Waals surface area contributed by atoms with Gasteiger partial charge in [-0.05, 0) is 13.0 Å². The quantitative estimate of drug-likeness (QED) is 0.806. The zero-order valence-electron chi connectivity index (χ0n) is 10.6. The summed E-state index contributed by atoms with van der Waals surface area (Å²) in [6.45, 7) is 1.55. The highest BCUT2D eigenvalue weighted by Crippen LogP contribution is 2.24. The first-order chi connectivity index (χ1) is 9.79. The number of hydrogen-bond donors (Lipinski definition) is 3.